The van der Waals surface area contributed by atoms with E-state index in [9.17, 15) is 24.0 Å². The standard InChI is InChI=1S/C46H62FN9O6S/c1-8-12-33(23-32(4)47)31(3)28-49-43(57)51-38-25-35-24-37(17-18-42(35)48-29-38)52-45(59)62-46(5,6)30-61-56(60)39-15-10-13-34(26-39)41(9-2)53-44(58)50-36-14-11-16-40(27-36)63-55-21-19-54(7)20-22-55/h8,10-16,23,25-27,29,31,37,41,60H,4,9,17-22,24,28,30H2,1-3,5-7H3,(H,52,59)(H2,49,51,57)(H2,50,53,58)/p+1/b12-8-,33-23+/t31?,37?,41-/m0/s1. The lowest BCUT2D eigenvalue weighted by Crippen LogP contribution is -3.04. The van der Waals surface area contributed by atoms with Crippen LogP contribution in [0, 0.1) is 5.92 Å². The number of pyridine rings is 1. The molecule has 1 saturated heterocycles. The van der Waals surface area contributed by atoms with Gasteiger partial charge in [-0.25, -0.2) is 23.1 Å². The fourth-order valence-electron chi connectivity index (χ4n) is 7.17. The van der Waals surface area contributed by atoms with E-state index in [2.05, 4.69) is 54.4 Å². The molecule has 2 aromatic carbocycles. The molecule has 4 atom stereocenters. The van der Waals surface area contributed by atoms with Crippen LogP contribution in [0.4, 0.5) is 35.8 Å². The predicted octanol–water partition coefficient (Wildman–Crippen LogP) is 7.25. The summed E-state index contributed by atoms with van der Waals surface area (Å²) in [4.78, 5) is 52.6. The number of alkyl carbamates (subject to hydrolysis) is 1. The van der Waals surface area contributed by atoms with Gasteiger partial charge in [0, 0.05) is 67.2 Å². The van der Waals surface area contributed by atoms with Crippen molar-refractivity contribution in [1.82, 2.24) is 30.1 Å². The summed E-state index contributed by atoms with van der Waals surface area (Å²) in [5.41, 5.74) is 3.77. The first kappa shape index (κ1) is 48.7. The first-order chi connectivity index (χ1) is 30.1. The fraction of sp³-hybridized carbons (Fsp3) is 0.435. The molecule has 5 rings (SSSR count). The van der Waals surface area contributed by atoms with Crippen molar-refractivity contribution in [1.29, 1.82) is 0 Å². The van der Waals surface area contributed by atoms with Gasteiger partial charge in [0.1, 0.15) is 18.0 Å². The molecule has 0 radical (unpaired) electrons. The molecule has 3 aromatic rings. The van der Waals surface area contributed by atoms with E-state index in [0.29, 0.717) is 48.3 Å². The number of likely N-dealkylation sites (N-methyl/N-ethyl adjacent to an activating group) is 1. The van der Waals surface area contributed by atoms with Crippen molar-refractivity contribution in [2.24, 2.45) is 5.92 Å². The van der Waals surface area contributed by atoms with E-state index in [1.807, 2.05) is 57.2 Å². The van der Waals surface area contributed by atoms with Crippen molar-refractivity contribution >= 4 is 47.2 Å². The Morgan fingerprint density at radius 1 is 1.08 bits per heavy atom. The molecule has 2 aliphatic rings. The lowest BCUT2D eigenvalue weighted by atomic mass is 9.91. The van der Waals surface area contributed by atoms with Crippen LogP contribution >= 0.6 is 11.9 Å². The van der Waals surface area contributed by atoms with Crippen molar-refractivity contribution in [2.75, 3.05) is 57.0 Å². The van der Waals surface area contributed by atoms with Gasteiger partial charge >= 0.3 is 18.2 Å². The van der Waals surface area contributed by atoms with Crippen LogP contribution in [0.3, 0.4) is 0 Å². The van der Waals surface area contributed by atoms with E-state index in [4.69, 9.17) is 9.57 Å². The number of benzene rings is 2. The van der Waals surface area contributed by atoms with Crippen LogP contribution in [-0.4, -0.2) is 95.6 Å². The number of carbonyl (C=O) groups is 3. The number of anilines is 2. The van der Waals surface area contributed by atoms with E-state index in [1.54, 1.807) is 62.3 Å². The number of aryl methyl sites for hydroxylation is 1. The van der Waals surface area contributed by atoms with Gasteiger partial charge in [0.2, 0.25) is 0 Å². The Morgan fingerprint density at radius 3 is 2.56 bits per heavy atom. The highest BCUT2D eigenvalue weighted by Crippen LogP contribution is 2.27. The average Bonchev–Trinajstić information content (AvgIpc) is 3.24. The van der Waals surface area contributed by atoms with Gasteiger partial charge in [0.05, 0.1) is 17.9 Å². The van der Waals surface area contributed by atoms with Gasteiger partial charge in [0.15, 0.2) is 5.69 Å². The average molecular weight is 889 g/mol. The first-order valence-corrected chi connectivity index (χ1v) is 22.2. The highest BCUT2D eigenvalue weighted by Gasteiger charge is 2.30. The molecule has 2 heterocycles. The molecule has 1 fully saturated rings. The van der Waals surface area contributed by atoms with Crippen molar-refractivity contribution in [3.05, 3.63) is 114 Å². The Labute approximate surface area is 374 Å². The number of halogens is 1. The molecule has 5 amide bonds. The third-order valence-electron chi connectivity index (χ3n) is 10.6. The molecule has 3 unspecified atom stereocenters. The fourth-order valence-corrected chi connectivity index (χ4v) is 8.14. The molecule has 1 aromatic heterocycles. The van der Waals surface area contributed by atoms with Crippen molar-refractivity contribution in [3.8, 4) is 0 Å². The lowest BCUT2D eigenvalue weighted by molar-refractivity contribution is -1.20. The molecule has 63 heavy (non-hydrogen) atoms. The zero-order chi connectivity index (χ0) is 45.5. The summed E-state index contributed by atoms with van der Waals surface area (Å²) in [7, 11) is 2.13. The zero-order valence-electron chi connectivity index (χ0n) is 37.1. The Hall–Kier alpha value is -5.30. The number of nitrogens with zero attached hydrogens (tertiary/aromatic N) is 3. The number of carbonyl (C=O) groups excluding carboxylic acids is 3. The third kappa shape index (κ3) is 15.8. The second-order valence-electron chi connectivity index (χ2n) is 16.5. The Bertz CT molecular complexity index is 2110. The molecule has 1 aliphatic heterocycles. The molecule has 15 nitrogen and oxygen atoms in total. The van der Waals surface area contributed by atoms with Gasteiger partial charge in [-0.3, -0.25) is 4.98 Å². The van der Waals surface area contributed by atoms with Gasteiger partial charge in [-0.05, 0) is 124 Å². The maximum Gasteiger partial charge on any atom is 0.407 e. The summed E-state index contributed by atoms with van der Waals surface area (Å²) in [5.74, 6) is -0.708. The number of quaternary nitrogens is 1. The number of ether oxygens (including phenoxy) is 1. The van der Waals surface area contributed by atoms with Crippen LogP contribution in [0.15, 0.2) is 102 Å². The van der Waals surface area contributed by atoms with Crippen LogP contribution in [0.25, 0.3) is 0 Å². The lowest BCUT2D eigenvalue weighted by Gasteiger charge is -2.31. The summed E-state index contributed by atoms with van der Waals surface area (Å²) in [6, 6.07) is 15.4. The molecule has 1 aliphatic carbocycles. The molecule has 0 bridgehead atoms. The summed E-state index contributed by atoms with van der Waals surface area (Å²) in [6.45, 7) is 16.5. The highest BCUT2D eigenvalue weighted by atomic mass is 32.2. The van der Waals surface area contributed by atoms with Gasteiger partial charge in [-0.15, -0.1) is 0 Å². The van der Waals surface area contributed by atoms with Crippen molar-refractivity contribution < 1.29 is 38.8 Å². The van der Waals surface area contributed by atoms with Crippen molar-refractivity contribution in [3.63, 3.8) is 0 Å². The number of fused-ring (bicyclic) bond motifs is 1. The Balaban J connectivity index is 1.06. The van der Waals surface area contributed by atoms with Crippen LogP contribution in [0.1, 0.15) is 70.3 Å². The molecule has 0 spiro atoms. The summed E-state index contributed by atoms with van der Waals surface area (Å²) >= 11 is 1.69. The van der Waals surface area contributed by atoms with Crippen LogP contribution in [-0.2, 0) is 22.4 Å². The van der Waals surface area contributed by atoms with Crippen molar-refractivity contribution in [2.45, 2.75) is 82.9 Å². The minimum absolute atomic E-state index is 0.133. The normalized spacial score (nSPS) is 17.5. The maximum atomic E-state index is 13.4. The van der Waals surface area contributed by atoms with Crippen LogP contribution < -0.4 is 31.8 Å². The maximum absolute atomic E-state index is 13.4. The number of amides is 5. The zero-order valence-corrected chi connectivity index (χ0v) is 37.9. The number of piperazine rings is 1. The van der Waals surface area contributed by atoms with E-state index < -0.39 is 23.6 Å². The van der Waals surface area contributed by atoms with Crippen LogP contribution in [0.5, 0.6) is 0 Å². The van der Waals surface area contributed by atoms with Crippen LogP contribution in [0.2, 0.25) is 0 Å². The molecule has 17 heteroatoms. The minimum Gasteiger partial charge on any atom is -0.441 e. The minimum atomic E-state index is -1.11. The molecular weight excluding hydrogens is 826 g/mol. The quantitative estimate of drug-likeness (QED) is 0.0392. The molecule has 0 saturated carbocycles. The SMILES string of the molecule is C=C(F)/C=C(\C=C/C)C(C)CNC(=O)Nc1cnc2c(c1)CC(NC(=O)OC(C)(C)CO[NH+](O)c1cccc([C@H](CC)NC(=O)Nc3cccc(SN4CCN(C)CC4)c3)c1)CC2. The van der Waals surface area contributed by atoms with E-state index in [1.165, 1.54) is 6.08 Å². The molecular formula is C46H63FN9O6S+. The smallest absolute Gasteiger partial charge is 0.407 e. The van der Waals surface area contributed by atoms with Gasteiger partial charge in [0.25, 0.3) is 0 Å². The highest BCUT2D eigenvalue weighted by molar-refractivity contribution is 7.97. The summed E-state index contributed by atoms with van der Waals surface area (Å²) in [6.07, 6.45) is 8.26. The number of rotatable bonds is 18. The molecule has 340 valence electrons. The summed E-state index contributed by atoms with van der Waals surface area (Å²) in [5, 5.41) is 25.2. The largest absolute Gasteiger partial charge is 0.441 e. The third-order valence-corrected chi connectivity index (χ3v) is 11.7. The van der Waals surface area contributed by atoms with E-state index in [-0.39, 0.29) is 42.4 Å². The van der Waals surface area contributed by atoms with E-state index >= 15 is 0 Å². The summed E-state index contributed by atoms with van der Waals surface area (Å²) < 4.78 is 21.5. The monoisotopic (exact) mass is 888 g/mol. The number of hydrogen-bond donors (Lipinski definition) is 7. The van der Waals surface area contributed by atoms with Gasteiger partial charge < -0.3 is 36.2 Å². The predicted molar refractivity (Wildman–Crippen MR) is 244 cm³/mol. The van der Waals surface area contributed by atoms with Gasteiger partial charge in [-0.1, -0.05) is 50.8 Å². The molecule has 7 N–H and O–H groups in total. The number of allylic oxidation sites excluding steroid dienone is 4. The van der Waals surface area contributed by atoms with Gasteiger partial charge in [-0.2, -0.15) is 10.0 Å². The number of hydrogen-bond acceptors (Lipinski definition) is 10. The number of nitrogens with one attached hydrogen (secondary N) is 6. The topological polar surface area (TPSA) is 174 Å². The number of urea groups is 2. The van der Waals surface area contributed by atoms with E-state index in [0.717, 1.165) is 47.9 Å². The number of aromatic nitrogens is 1. The second kappa shape index (κ2) is 23.4. The Kier molecular flexibility index (Phi) is 18.1. The Morgan fingerprint density at radius 2 is 1.83 bits per heavy atom. The first-order valence-electron chi connectivity index (χ1n) is 21.4. The second-order valence-corrected chi connectivity index (χ2v) is 17.7.